The summed E-state index contributed by atoms with van der Waals surface area (Å²) in [6, 6.07) is 16.9. The molecule has 4 aromatic rings. The Labute approximate surface area is 182 Å². The molecule has 0 saturated heterocycles. The molecule has 0 spiro atoms. The van der Waals surface area contributed by atoms with E-state index < -0.39 is 5.41 Å². The minimum Gasteiger partial charge on any atom is -0.481 e. The monoisotopic (exact) mass is 410 g/mol. The number of methoxy groups -OCH3 is 1. The lowest BCUT2D eigenvalue weighted by Crippen LogP contribution is -2.24. The van der Waals surface area contributed by atoms with E-state index in [2.05, 4.69) is 34.9 Å². The first-order valence-corrected chi connectivity index (χ1v) is 10.9. The van der Waals surface area contributed by atoms with Crippen molar-refractivity contribution in [3.8, 4) is 11.9 Å². The number of hydrogen-bond acceptors (Lipinski definition) is 4. The number of hydrogen-bond donors (Lipinski definition) is 0. The largest absolute Gasteiger partial charge is 0.481 e. The van der Waals surface area contributed by atoms with Crippen molar-refractivity contribution >= 4 is 21.9 Å². The number of aromatic nitrogens is 3. The molecule has 0 N–H and O–H groups in total. The minimum absolute atomic E-state index is 0.530. The first-order chi connectivity index (χ1) is 15.0. The van der Waals surface area contributed by atoms with Crippen molar-refractivity contribution in [2.45, 2.75) is 44.4 Å². The third-order valence-corrected chi connectivity index (χ3v) is 6.74. The highest BCUT2D eigenvalue weighted by Gasteiger charge is 2.30. The number of benzene rings is 2. The summed E-state index contributed by atoms with van der Waals surface area (Å²) in [5, 5.41) is 11.4. The number of ether oxygens (including phenoxy) is 1. The lowest BCUT2D eigenvalue weighted by Gasteiger charge is -2.24. The molecule has 2 heterocycles. The molecule has 0 amide bonds. The summed E-state index contributed by atoms with van der Waals surface area (Å²) in [5.41, 5.74) is 5.78. The maximum atomic E-state index is 10.2. The van der Waals surface area contributed by atoms with Gasteiger partial charge in [-0.15, -0.1) is 0 Å². The summed E-state index contributed by atoms with van der Waals surface area (Å²) < 4.78 is 7.72. The molecule has 2 aromatic carbocycles. The zero-order chi connectivity index (χ0) is 21.6. The summed E-state index contributed by atoms with van der Waals surface area (Å²) in [4.78, 5) is 9.62. The quantitative estimate of drug-likeness (QED) is 0.473. The lowest BCUT2D eigenvalue weighted by atomic mass is 9.79. The van der Waals surface area contributed by atoms with Gasteiger partial charge >= 0.3 is 0 Å². The van der Waals surface area contributed by atoms with Crippen molar-refractivity contribution in [1.82, 2.24) is 14.5 Å². The number of pyridine rings is 1. The van der Waals surface area contributed by atoms with Crippen LogP contribution in [0.25, 0.3) is 21.9 Å². The fourth-order valence-electron chi connectivity index (χ4n) is 4.88. The fourth-order valence-corrected chi connectivity index (χ4v) is 4.88. The highest BCUT2D eigenvalue weighted by Crippen LogP contribution is 2.36. The van der Waals surface area contributed by atoms with Gasteiger partial charge in [-0.05, 0) is 61.9 Å². The fraction of sp³-hybridized carbons (Fsp3) is 0.346. The topological polar surface area (TPSA) is 63.7 Å². The molecule has 0 fully saturated rings. The molecule has 1 atom stereocenters. The predicted octanol–water partition coefficient (Wildman–Crippen LogP) is 5.03. The molecule has 0 aliphatic heterocycles. The maximum Gasteiger partial charge on any atom is 0.217 e. The van der Waals surface area contributed by atoms with Crippen LogP contribution in [-0.4, -0.2) is 21.6 Å². The molecule has 5 rings (SSSR count). The van der Waals surface area contributed by atoms with Crippen molar-refractivity contribution in [3.63, 3.8) is 0 Å². The van der Waals surface area contributed by atoms with Crippen LogP contribution in [0.15, 0.2) is 42.5 Å². The average molecular weight is 411 g/mol. The van der Waals surface area contributed by atoms with Gasteiger partial charge in [0.1, 0.15) is 5.82 Å². The normalized spacial score (nSPS) is 15.4. The summed E-state index contributed by atoms with van der Waals surface area (Å²) in [7, 11) is 3.71. The summed E-state index contributed by atoms with van der Waals surface area (Å²) in [6.07, 6.45) is 4.98. The molecule has 0 radical (unpaired) electrons. The van der Waals surface area contributed by atoms with E-state index >= 15 is 0 Å². The van der Waals surface area contributed by atoms with E-state index in [-0.39, 0.29) is 0 Å². The Morgan fingerprint density at radius 2 is 1.84 bits per heavy atom. The zero-order valence-electron chi connectivity index (χ0n) is 18.3. The Morgan fingerprint density at radius 1 is 1.06 bits per heavy atom. The van der Waals surface area contributed by atoms with Crippen LogP contribution in [0, 0.1) is 11.3 Å². The van der Waals surface area contributed by atoms with Crippen LogP contribution >= 0.6 is 0 Å². The SMILES string of the molecule is COc1nc2cc(C(C)(C#N)Cc3nc4ccccc4n3C)ccc2c2c1CCCC2. The van der Waals surface area contributed by atoms with Crippen molar-refractivity contribution < 1.29 is 4.74 Å². The molecular formula is C26H26N4O. The van der Waals surface area contributed by atoms with Crippen LogP contribution in [0.1, 0.15) is 42.3 Å². The first-order valence-electron chi connectivity index (χ1n) is 10.9. The first kappa shape index (κ1) is 19.6. The Bertz CT molecular complexity index is 1350. The smallest absolute Gasteiger partial charge is 0.217 e. The molecular weight excluding hydrogens is 384 g/mol. The Kier molecular flexibility index (Phi) is 4.66. The van der Waals surface area contributed by atoms with Crippen molar-refractivity contribution in [2.75, 3.05) is 7.11 Å². The van der Waals surface area contributed by atoms with Gasteiger partial charge in [0.25, 0.3) is 0 Å². The molecule has 0 saturated carbocycles. The van der Waals surface area contributed by atoms with E-state index in [1.54, 1.807) is 7.11 Å². The Balaban J connectivity index is 1.60. The lowest BCUT2D eigenvalue weighted by molar-refractivity contribution is 0.391. The van der Waals surface area contributed by atoms with Crippen molar-refractivity contribution in [3.05, 3.63) is 65.0 Å². The molecule has 5 nitrogen and oxygen atoms in total. The number of para-hydroxylation sites is 2. The summed E-state index contributed by atoms with van der Waals surface area (Å²) in [6.45, 7) is 1.99. The van der Waals surface area contributed by atoms with E-state index in [1.165, 1.54) is 29.4 Å². The number of rotatable bonds is 4. The van der Waals surface area contributed by atoms with Crippen LogP contribution < -0.4 is 4.74 Å². The van der Waals surface area contributed by atoms with Gasteiger partial charge in [-0.2, -0.15) is 5.26 Å². The van der Waals surface area contributed by atoms with Gasteiger partial charge < -0.3 is 9.30 Å². The molecule has 1 aliphatic rings. The van der Waals surface area contributed by atoms with Gasteiger partial charge in [0, 0.05) is 24.4 Å². The van der Waals surface area contributed by atoms with E-state index in [1.807, 2.05) is 32.2 Å². The highest BCUT2D eigenvalue weighted by atomic mass is 16.5. The van der Waals surface area contributed by atoms with Gasteiger partial charge in [0.05, 0.1) is 35.1 Å². The molecule has 156 valence electrons. The number of fused-ring (bicyclic) bond motifs is 4. The second-order valence-electron chi connectivity index (χ2n) is 8.71. The number of imidazole rings is 1. The average Bonchev–Trinajstić information content (AvgIpc) is 3.13. The van der Waals surface area contributed by atoms with Crippen LogP contribution in [0.4, 0.5) is 0 Å². The third-order valence-electron chi connectivity index (χ3n) is 6.74. The van der Waals surface area contributed by atoms with Gasteiger partial charge in [-0.25, -0.2) is 9.97 Å². The van der Waals surface area contributed by atoms with Gasteiger partial charge in [-0.1, -0.05) is 24.3 Å². The van der Waals surface area contributed by atoms with Crippen LogP contribution in [0.2, 0.25) is 0 Å². The molecule has 0 bridgehead atoms. The maximum absolute atomic E-state index is 10.2. The number of nitriles is 1. The second-order valence-corrected chi connectivity index (χ2v) is 8.71. The van der Waals surface area contributed by atoms with E-state index in [0.29, 0.717) is 6.42 Å². The van der Waals surface area contributed by atoms with Crippen LogP contribution in [-0.2, 0) is 31.7 Å². The number of aryl methyl sites for hydroxylation is 2. The summed E-state index contributed by atoms with van der Waals surface area (Å²) >= 11 is 0. The van der Waals surface area contributed by atoms with Crippen LogP contribution in [0.3, 0.4) is 0 Å². The van der Waals surface area contributed by atoms with E-state index in [9.17, 15) is 5.26 Å². The standard InChI is InChI=1S/C26H26N4O/c1-26(16-27,15-24-28-21-10-6-7-11-23(21)30(24)2)17-12-13-19-18-8-4-5-9-20(18)25(31-3)29-22(19)14-17/h6-7,10-14H,4-5,8-9,15H2,1-3H3. The van der Waals surface area contributed by atoms with Gasteiger partial charge in [0.2, 0.25) is 5.88 Å². The van der Waals surface area contributed by atoms with Gasteiger partial charge in [-0.3, -0.25) is 0 Å². The molecule has 1 unspecified atom stereocenters. The minimum atomic E-state index is -0.714. The predicted molar refractivity (Wildman–Crippen MR) is 122 cm³/mol. The van der Waals surface area contributed by atoms with Crippen molar-refractivity contribution in [2.24, 2.45) is 7.05 Å². The van der Waals surface area contributed by atoms with E-state index in [0.717, 1.165) is 46.7 Å². The second kappa shape index (κ2) is 7.39. The molecule has 31 heavy (non-hydrogen) atoms. The third kappa shape index (κ3) is 3.14. The molecule has 5 heteroatoms. The van der Waals surface area contributed by atoms with Crippen molar-refractivity contribution in [1.29, 1.82) is 5.26 Å². The molecule has 1 aliphatic carbocycles. The molecule has 2 aromatic heterocycles. The van der Waals surface area contributed by atoms with Gasteiger partial charge in [0.15, 0.2) is 0 Å². The van der Waals surface area contributed by atoms with E-state index in [4.69, 9.17) is 14.7 Å². The van der Waals surface area contributed by atoms with Crippen LogP contribution in [0.5, 0.6) is 5.88 Å². The Morgan fingerprint density at radius 3 is 2.58 bits per heavy atom. The Hall–Kier alpha value is -3.39. The number of nitrogens with zero attached hydrogens (tertiary/aromatic N) is 4. The highest BCUT2D eigenvalue weighted by molar-refractivity contribution is 5.85. The summed E-state index contributed by atoms with van der Waals surface area (Å²) in [5.74, 6) is 1.63. The zero-order valence-corrected chi connectivity index (χ0v) is 18.3.